The van der Waals surface area contributed by atoms with Crippen LogP contribution >= 0.6 is 0 Å². The van der Waals surface area contributed by atoms with E-state index in [-0.39, 0.29) is 0 Å². The number of nitrogens with zero attached hydrogens (tertiary/aromatic N) is 1. The number of aromatic amines is 1. The summed E-state index contributed by atoms with van der Waals surface area (Å²) < 4.78 is 5.18. The number of nitrogens with one attached hydrogen (secondary N) is 1. The highest BCUT2D eigenvalue weighted by Crippen LogP contribution is 2.29. The minimum atomic E-state index is 0.521. The molecule has 4 nitrogen and oxygen atoms in total. The van der Waals surface area contributed by atoms with Crippen molar-refractivity contribution in [2.45, 2.75) is 0 Å². The van der Waals surface area contributed by atoms with Gasteiger partial charge in [0.15, 0.2) is 0 Å². The average Bonchev–Trinajstić information content (AvgIpc) is 2.68. The monoisotopic (exact) mass is 213 g/mol. The molecule has 3 aromatic rings. The number of fused-ring (bicyclic) bond motifs is 3. The molecule has 2 aromatic heterocycles. The lowest BCUT2D eigenvalue weighted by atomic mass is 10.2. The molecule has 0 saturated carbocycles. The molecule has 1 aromatic carbocycles. The molecule has 0 aliphatic heterocycles. The molecule has 3 rings (SSSR count). The van der Waals surface area contributed by atoms with Crippen LogP contribution in [0.5, 0.6) is 5.75 Å². The van der Waals surface area contributed by atoms with Gasteiger partial charge in [-0.15, -0.1) is 0 Å². The molecule has 0 bridgehead atoms. The maximum Gasteiger partial charge on any atom is 0.147 e. The molecule has 4 heteroatoms. The zero-order valence-corrected chi connectivity index (χ0v) is 8.82. The first-order valence-electron chi connectivity index (χ1n) is 4.99. The van der Waals surface area contributed by atoms with Crippen LogP contribution in [0.2, 0.25) is 0 Å². The highest BCUT2D eigenvalue weighted by Gasteiger charge is 2.07. The van der Waals surface area contributed by atoms with Crippen molar-refractivity contribution in [3.8, 4) is 5.75 Å². The number of H-pyrrole nitrogens is 1. The summed E-state index contributed by atoms with van der Waals surface area (Å²) >= 11 is 0. The Morgan fingerprint density at radius 3 is 2.94 bits per heavy atom. The summed E-state index contributed by atoms with van der Waals surface area (Å²) in [4.78, 5) is 7.31. The number of pyridine rings is 1. The number of rotatable bonds is 1. The fraction of sp³-hybridized carbons (Fsp3) is 0.0833. The summed E-state index contributed by atoms with van der Waals surface area (Å²) in [5, 5.41) is 2.22. The van der Waals surface area contributed by atoms with Gasteiger partial charge < -0.3 is 15.5 Å². The lowest BCUT2D eigenvalue weighted by Gasteiger charge is -1.98. The second-order valence-corrected chi connectivity index (χ2v) is 3.66. The summed E-state index contributed by atoms with van der Waals surface area (Å²) in [5.74, 6) is 1.35. The van der Waals surface area contributed by atoms with Crippen LogP contribution < -0.4 is 10.5 Å². The number of benzene rings is 1. The van der Waals surface area contributed by atoms with E-state index in [1.807, 2.05) is 24.3 Å². The van der Waals surface area contributed by atoms with Gasteiger partial charge in [0, 0.05) is 23.0 Å². The van der Waals surface area contributed by atoms with Crippen molar-refractivity contribution in [2.24, 2.45) is 0 Å². The zero-order valence-electron chi connectivity index (χ0n) is 8.82. The van der Waals surface area contributed by atoms with Crippen LogP contribution in [0.15, 0.2) is 30.5 Å². The van der Waals surface area contributed by atoms with Crippen molar-refractivity contribution in [3.63, 3.8) is 0 Å². The van der Waals surface area contributed by atoms with Crippen LogP contribution in [0, 0.1) is 0 Å². The van der Waals surface area contributed by atoms with Crippen molar-refractivity contribution in [2.75, 3.05) is 12.8 Å². The Bertz CT molecular complexity index is 672. The predicted octanol–water partition coefficient (Wildman–Crippen LogP) is 2.31. The van der Waals surface area contributed by atoms with Crippen LogP contribution in [0.1, 0.15) is 0 Å². The van der Waals surface area contributed by atoms with Crippen LogP contribution in [-0.4, -0.2) is 17.1 Å². The van der Waals surface area contributed by atoms with E-state index >= 15 is 0 Å². The molecule has 3 N–H and O–H groups in total. The molecule has 0 unspecified atom stereocenters. The highest BCUT2D eigenvalue weighted by atomic mass is 16.5. The van der Waals surface area contributed by atoms with Crippen LogP contribution in [0.25, 0.3) is 21.8 Å². The number of hydrogen-bond donors (Lipinski definition) is 2. The number of nitrogen functional groups attached to an aromatic ring is 1. The van der Waals surface area contributed by atoms with E-state index in [9.17, 15) is 0 Å². The molecule has 80 valence electrons. The first-order chi connectivity index (χ1) is 7.79. The summed E-state index contributed by atoms with van der Waals surface area (Å²) in [6.07, 6.45) is 1.72. The largest absolute Gasteiger partial charge is 0.497 e. The van der Waals surface area contributed by atoms with Gasteiger partial charge in [0.1, 0.15) is 11.6 Å². The number of anilines is 1. The normalized spacial score (nSPS) is 11.1. The highest BCUT2D eigenvalue weighted by molar-refractivity contribution is 6.10. The molecule has 0 aliphatic carbocycles. The molecular formula is C12H11N3O. The van der Waals surface area contributed by atoms with E-state index in [1.54, 1.807) is 13.3 Å². The van der Waals surface area contributed by atoms with Crippen molar-refractivity contribution in [1.29, 1.82) is 0 Å². The fourth-order valence-electron chi connectivity index (χ4n) is 1.96. The van der Waals surface area contributed by atoms with Gasteiger partial charge >= 0.3 is 0 Å². The standard InChI is InChI=1S/C12H11N3O/c1-16-7-2-3-8-9-4-5-14-12(13)11(9)15-10(8)6-7/h2-6,15H,1H3,(H2,13,14). The molecule has 0 amide bonds. The van der Waals surface area contributed by atoms with Crippen molar-refractivity contribution in [3.05, 3.63) is 30.5 Å². The van der Waals surface area contributed by atoms with Crippen LogP contribution in [-0.2, 0) is 0 Å². The van der Waals surface area contributed by atoms with E-state index in [0.717, 1.165) is 27.6 Å². The Kier molecular flexibility index (Phi) is 1.77. The smallest absolute Gasteiger partial charge is 0.147 e. The second kappa shape index (κ2) is 3.13. The number of nitrogens with two attached hydrogens (primary N) is 1. The molecule has 16 heavy (non-hydrogen) atoms. The van der Waals surface area contributed by atoms with Gasteiger partial charge in [-0.1, -0.05) is 0 Å². The van der Waals surface area contributed by atoms with Crippen molar-refractivity contribution in [1.82, 2.24) is 9.97 Å². The number of aromatic nitrogens is 2. The molecule has 0 radical (unpaired) electrons. The maximum atomic E-state index is 5.82. The summed E-state index contributed by atoms with van der Waals surface area (Å²) in [6.45, 7) is 0. The van der Waals surface area contributed by atoms with Crippen LogP contribution in [0.3, 0.4) is 0 Å². The van der Waals surface area contributed by atoms with Crippen LogP contribution in [0.4, 0.5) is 5.82 Å². The Balaban J connectivity index is 2.45. The average molecular weight is 213 g/mol. The predicted molar refractivity (Wildman–Crippen MR) is 64.6 cm³/mol. The Morgan fingerprint density at radius 1 is 1.25 bits per heavy atom. The van der Waals surface area contributed by atoms with E-state index in [0.29, 0.717) is 5.82 Å². The molecule has 0 spiro atoms. The van der Waals surface area contributed by atoms with Gasteiger partial charge in [-0.3, -0.25) is 0 Å². The Labute approximate surface area is 92.0 Å². The van der Waals surface area contributed by atoms with E-state index in [1.165, 1.54) is 0 Å². The van der Waals surface area contributed by atoms with E-state index < -0.39 is 0 Å². The van der Waals surface area contributed by atoms with E-state index in [2.05, 4.69) is 9.97 Å². The maximum absolute atomic E-state index is 5.82. The third-order valence-electron chi connectivity index (χ3n) is 2.76. The summed E-state index contributed by atoms with van der Waals surface area (Å²) in [6, 6.07) is 7.87. The summed E-state index contributed by atoms with van der Waals surface area (Å²) in [5.41, 5.74) is 7.71. The van der Waals surface area contributed by atoms with Gasteiger partial charge in [0.25, 0.3) is 0 Å². The van der Waals surface area contributed by atoms with Gasteiger partial charge in [0.2, 0.25) is 0 Å². The first-order valence-corrected chi connectivity index (χ1v) is 4.99. The lowest BCUT2D eigenvalue weighted by molar-refractivity contribution is 0.415. The third-order valence-corrected chi connectivity index (χ3v) is 2.76. The topological polar surface area (TPSA) is 63.9 Å². The van der Waals surface area contributed by atoms with Crippen molar-refractivity contribution >= 4 is 27.6 Å². The fourth-order valence-corrected chi connectivity index (χ4v) is 1.96. The van der Waals surface area contributed by atoms with E-state index in [4.69, 9.17) is 10.5 Å². The van der Waals surface area contributed by atoms with Crippen molar-refractivity contribution < 1.29 is 4.74 Å². The SMILES string of the molecule is COc1ccc2c(c1)[nH]c1c(N)nccc12. The Morgan fingerprint density at radius 2 is 2.12 bits per heavy atom. The van der Waals surface area contributed by atoms with Gasteiger partial charge in [0.05, 0.1) is 18.1 Å². The van der Waals surface area contributed by atoms with Gasteiger partial charge in [-0.25, -0.2) is 4.98 Å². The molecule has 0 aliphatic rings. The zero-order chi connectivity index (χ0) is 11.1. The van der Waals surface area contributed by atoms with Gasteiger partial charge in [-0.2, -0.15) is 0 Å². The molecule has 0 fully saturated rings. The first kappa shape index (κ1) is 9.03. The third kappa shape index (κ3) is 1.13. The lowest BCUT2D eigenvalue weighted by Crippen LogP contribution is -1.89. The van der Waals surface area contributed by atoms with Gasteiger partial charge in [-0.05, 0) is 18.2 Å². The molecule has 0 atom stereocenters. The minimum Gasteiger partial charge on any atom is -0.497 e. The molecule has 2 heterocycles. The number of hydrogen-bond acceptors (Lipinski definition) is 3. The Hall–Kier alpha value is -2.23. The quantitative estimate of drug-likeness (QED) is 0.652. The second-order valence-electron chi connectivity index (χ2n) is 3.66. The number of methoxy groups -OCH3 is 1. The number of ether oxygens (including phenoxy) is 1. The summed E-state index contributed by atoms with van der Waals surface area (Å²) in [7, 11) is 1.65. The minimum absolute atomic E-state index is 0.521. The molecule has 0 saturated heterocycles. The molecular weight excluding hydrogens is 202 g/mol.